The predicted molar refractivity (Wildman–Crippen MR) is 119 cm³/mol. The Balaban J connectivity index is 2.16. The summed E-state index contributed by atoms with van der Waals surface area (Å²) in [5, 5.41) is 3.52. The van der Waals surface area contributed by atoms with E-state index in [0.717, 1.165) is 16.5 Å². The SMILES string of the molecule is CCCNC(=O)[C@H](CC)N(Cc1ccc(Cl)cc1)C(=O)COc1ccc(Br)cc1. The molecule has 0 fully saturated rings. The fraction of sp³-hybridized carbons (Fsp3) is 0.364. The first-order chi connectivity index (χ1) is 13.9. The van der Waals surface area contributed by atoms with E-state index in [-0.39, 0.29) is 18.4 Å². The maximum atomic E-state index is 13.0. The van der Waals surface area contributed by atoms with E-state index in [0.29, 0.717) is 30.3 Å². The lowest BCUT2D eigenvalue weighted by Gasteiger charge is -2.30. The molecule has 5 nitrogen and oxygen atoms in total. The van der Waals surface area contributed by atoms with Gasteiger partial charge >= 0.3 is 0 Å². The van der Waals surface area contributed by atoms with Crippen LogP contribution in [0.15, 0.2) is 53.0 Å². The zero-order chi connectivity index (χ0) is 21.2. The molecule has 0 aromatic heterocycles. The van der Waals surface area contributed by atoms with Gasteiger partial charge in [-0.1, -0.05) is 53.5 Å². The zero-order valence-electron chi connectivity index (χ0n) is 16.7. The normalized spacial score (nSPS) is 11.6. The molecule has 0 saturated heterocycles. The van der Waals surface area contributed by atoms with Crippen LogP contribution in [0.2, 0.25) is 5.02 Å². The van der Waals surface area contributed by atoms with Gasteiger partial charge in [0.2, 0.25) is 5.91 Å². The summed E-state index contributed by atoms with van der Waals surface area (Å²) in [6.45, 7) is 4.62. The molecule has 0 aliphatic heterocycles. The molecule has 0 spiro atoms. The lowest BCUT2D eigenvalue weighted by atomic mass is 10.1. The summed E-state index contributed by atoms with van der Waals surface area (Å²) in [5.41, 5.74) is 0.896. The standard InChI is InChI=1S/C22H26BrClN2O3/c1-3-13-25-22(28)20(4-2)26(14-16-5-9-18(24)10-6-16)21(27)15-29-19-11-7-17(23)8-12-19/h5-12,20H,3-4,13-15H2,1-2H3,(H,25,28)/t20-/m0/s1. The van der Waals surface area contributed by atoms with Gasteiger partial charge in [0.1, 0.15) is 11.8 Å². The molecular weight excluding hydrogens is 456 g/mol. The van der Waals surface area contributed by atoms with Crippen molar-refractivity contribution in [3.05, 3.63) is 63.6 Å². The summed E-state index contributed by atoms with van der Waals surface area (Å²) in [4.78, 5) is 27.3. The van der Waals surface area contributed by atoms with Gasteiger partial charge < -0.3 is 15.0 Å². The summed E-state index contributed by atoms with van der Waals surface area (Å²) in [6.07, 6.45) is 1.34. The quantitative estimate of drug-likeness (QED) is 0.529. The molecule has 1 N–H and O–H groups in total. The van der Waals surface area contributed by atoms with Crippen LogP contribution >= 0.6 is 27.5 Å². The van der Waals surface area contributed by atoms with E-state index in [9.17, 15) is 9.59 Å². The Kier molecular flexibility index (Phi) is 9.48. The summed E-state index contributed by atoms with van der Waals surface area (Å²) >= 11 is 9.34. The van der Waals surface area contributed by atoms with Crippen molar-refractivity contribution in [2.75, 3.05) is 13.2 Å². The number of benzene rings is 2. The molecule has 156 valence electrons. The van der Waals surface area contributed by atoms with Crippen LogP contribution in [0.3, 0.4) is 0 Å². The first-order valence-corrected chi connectivity index (χ1v) is 10.8. The monoisotopic (exact) mass is 480 g/mol. The molecule has 0 aliphatic carbocycles. The van der Waals surface area contributed by atoms with Crippen molar-refractivity contribution in [1.82, 2.24) is 10.2 Å². The van der Waals surface area contributed by atoms with Crippen molar-refractivity contribution >= 4 is 39.3 Å². The number of carbonyl (C=O) groups excluding carboxylic acids is 2. The third-order valence-corrected chi connectivity index (χ3v) is 5.16. The average Bonchev–Trinajstić information content (AvgIpc) is 2.72. The van der Waals surface area contributed by atoms with Crippen LogP contribution in [0, 0.1) is 0 Å². The van der Waals surface area contributed by atoms with Gasteiger partial charge in [0, 0.05) is 22.6 Å². The van der Waals surface area contributed by atoms with Gasteiger partial charge in [0.25, 0.3) is 5.91 Å². The van der Waals surface area contributed by atoms with Gasteiger partial charge in [-0.2, -0.15) is 0 Å². The Morgan fingerprint density at radius 3 is 2.34 bits per heavy atom. The minimum absolute atomic E-state index is 0.146. The molecule has 29 heavy (non-hydrogen) atoms. The summed E-state index contributed by atoms with van der Waals surface area (Å²) in [7, 11) is 0. The fourth-order valence-electron chi connectivity index (χ4n) is 2.83. The zero-order valence-corrected chi connectivity index (χ0v) is 19.0. The van der Waals surface area contributed by atoms with E-state index < -0.39 is 6.04 Å². The lowest BCUT2D eigenvalue weighted by molar-refractivity contribution is -0.143. The molecule has 0 aliphatic rings. The van der Waals surface area contributed by atoms with Crippen LogP contribution in [-0.2, 0) is 16.1 Å². The highest BCUT2D eigenvalue weighted by molar-refractivity contribution is 9.10. The number of nitrogens with one attached hydrogen (secondary N) is 1. The summed E-state index contributed by atoms with van der Waals surface area (Å²) in [5.74, 6) is 0.193. The maximum absolute atomic E-state index is 13.0. The number of amides is 2. The van der Waals surface area contributed by atoms with Crippen molar-refractivity contribution in [3.8, 4) is 5.75 Å². The van der Waals surface area contributed by atoms with Crippen LogP contribution in [0.5, 0.6) is 5.75 Å². The Hall–Kier alpha value is -2.05. The Bertz CT molecular complexity index is 797. The molecule has 2 amide bonds. The Morgan fingerprint density at radius 2 is 1.76 bits per heavy atom. The molecular formula is C22H26BrClN2O3. The van der Waals surface area contributed by atoms with E-state index in [1.54, 1.807) is 29.2 Å². The second-order valence-corrected chi connectivity index (χ2v) is 7.96. The van der Waals surface area contributed by atoms with Gasteiger partial charge in [-0.05, 0) is 54.8 Å². The van der Waals surface area contributed by atoms with E-state index in [4.69, 9.17) is 16.3 Å². The first-order valence-electron chi connectivity index (χ1n) is 9.64. The van der Waals surface area contributed by atoms with E-state index >= 15 is 0 Å². The van der Waals surface area contributed by atoms with Crippen molar-refractivity contribution < 1.29 is 14.3 Å². The summed E-state index contributed by atoms with van der Waals surface area (Å²) < 4.78 is 6.58. The third kappa shape index (κ3) is 7.37. The molecule has 0 saturated carbocycles. The topological polar surface area (TPSA) is 58.6 Å². The molecule has 2 aromatic rings. The number of halogens is 2. The van der Waals surface area contributed by atoms with Crippen molar-refractivity contribution in [3.63, 3.8) is 0 Å². The minimum atomic E-state index is -0.571. The number of carbonyl (C=O) groups is 2. The lowest BCUT2D eigenvalue weighted by Crippen LogP contribution is -2.50. The maximum Gasteiger partial charge on any atom is 0.261 e. The highest BCUT2D eigenvalue weighted by Gasteiger charge is 2.28. The van der Waals surface area contributed by atoms with Crippen LogP contribution in [-0.4, -0.2) is 35.9 Å². The largest absolute Gasteiger partial charge is 0.484 e. The second kappa shape index (κ2) is 11.8. The molecule has 1 atom stereocenters. The van der Waals surface area contributed by atoms with Gasteiger partial charge in [0.05, 0.1) is 0 Å². The number of nitrogens with zero attached hydrogens (tertiary/aromatic N) is 1. The predicted octanol–water partition coefficient (Wildman–Crippen LogP) is 4.81. The Morgan fingerprint density at radius 1 is 1.10 bits per heavy atom. The van der Waals surface area contributed by atoms with Gasteiger partial charge in [-0.15, -0.1) is 0 Å². The highest BCUT2D eigenvalue weighted by Crippen LogP contribution is 2.18. The fourth-order valence-corrected chi connectivity index (χ4v) is 3.22. The Labute approximate surface area is 185 Å². The molecule has 0 bridgehead atoms. The van der Waals surface area contributed by atoms with Gasteiger partial charge in [-0.25, -0.2) is 0 Å². The van der Waals surface area contributed by atoms with Crippen LogP contribution < -0.4 is 10.1 Å². The van der Waals surface area contributed by atoms with Crippen molar-refractivity contribution in [1.29, 1.82) is 0 Å². The second-order valence-electron chi connectivity index (χ2n) is 6.61. The number of hydrogen-bond acceptors (Lipinski definition) is 3. The molecule has 0 radical (unpaired) electrons. The first kappa shape index (κ1) is 23.2. The van der Waals surface area contributed by atoms with Gasteiger partial charge in [0.15, 0.2) is 6.61 Å². The van der Waals surface area contributed by atoms with Crippen LogP contribution in [0.4, 0.5) is 0 Å². The van der Waals surface area contributed by atoms with Crippen LogP contribution in [0.25, 0.3) is 0 Å². The van der Waals surface area contributed by atoms with Gasteiger partial charge in [-0.3, -0.25) is 9.59 Å². The number of rotatable bonds is 10. The highest BCUT2D eigenvalue weighted by atomic mass is 79.9. The van der Waals surface area contributed by atoms with E-state index in [1.165, 1.54) is 0 Å². The number of ether oxygens (including phenoxy) is 1. The summed E-state index contributed by atoms with van der Waals surface area (Å²) in [6, 6.07) is 13.9. The molecule has 0 unspecified atom stereocenters. The smallest absolute Gasteiger partial charge is 0.261 e. The molecule has 0 heterocycles. The molecule has 2 rings (SSSR count). The molecule has 2 aromatic carbocycles. The van der Waals surface area contributed by atoms with E-state index in [2.05, 4.69) is 21.2 Å². The minimum Gasteiger partial charge on any atom is -0.484 e. The van der Waals surface area contributed by atoms with Crippen LogP contribution in [0.1, 0.15) is 32.3 Å². The third-order valence-electron chi connectivity index (χ3n) is 4.38. The van der Waals surface area contributed by atoms with Crippen molar-refractivity contribution in [2.45, 2.75) is 39.3 Å². The molecule has 7 heteroatoms. The number of hydrogen-bond donors (Lipinski definition) is 1. The van der Waals surface area contributed by atoms with Crippen molar-refractivity contribution in [2.24, 2.45) is 0 Å². The van der Waals surface area contributed by atoms with E-state index in [1.807, 2.05) is 38.1 Å². The average molecular weight is 482 g/mol.